The Kier molecular flexibility index (Phi) is 5.51. The van der Waals surface area contributed by atoms with E-state index in [2.05, 4.69) is 20.7 Å². The number of nitrogens with one attached hydrogen (secondary N) is 1. The molecule has 6 nitrogen and oxygen atoms in total. The summed E-state index contributed by atoms with van der Waals surface area (Å²) in [6, 6.07) is 6.15. The van der Waals surface area contributed by atoms with Gasteiger partial charge in [0, 0.05) is 18.1 Å². The Morgan fingerprint density at radius 3 is 2.16 bits per heavy atom. The predicted molar refractivity (Wildman–Crippen MR) is 76.8 cm³/mol. The molecule has 0 radical (unpaired) electrons. The van der Waals surface area contributed by atoms with Crippen LogP contribution in [0.25, 0.3) is 0 Å². The third kappa shape index (κ3) is 4.53. The van der Waals surface area contributed by atoms with Crippen molar-refractivity contribution in [3.8, 4) is 0 Å². The lowest BCUT2D eigenvalue weighted by atomic mass is 10.4. The molecule has 0 heterocycles. The largest absolute Gasteiger partial charge is 0.242 e. The van der Waals surface area contributed by atoms with Crippen LogP contribution in [0.4, 0.5) is 0 Å². The van der Waals surface area contributed by atoms with Gasteiger partial charge in [-0.3, -0.25) is 0 Å². The molecule has 19 heavy (non-hydrogen) atoms. The van der Waals surface area contributed by atoms with E-state index in [1.165, 1.54) is 26.2 Å². The van der Waals surface area contributed by atoms with E-state index in [1.807, 2.05) is 0 Å². The van der Waals surface area contributed by atoms with Gasteiger partial charge in [-0.25, -0.2) is 21.6 Å². The highest BCUT2D eigenvalue weighted by Crippen LogP contribution is 2.17. The monoisotopic (exact) mass is 370 g/mol. The smallest absolute Gasteiger partial charge is 0.218 e. The Balaban J connectivity index is 2.86. The molecular formula is C10H15BrN2O4S2. The zero-order chi connectivity index (χ0) is 14.7. The predicted octanol–water partition coefficient (Wildman–Crippen LogP) is 0.619. The maximum absolute atomic E-state index is 12.1. The molecule has 1 aromatic carbocycles. The maximum atomic E-state index is 12.1. The van der Waals surface area contributed by atoms with Crippen LogP contribution < -0.4 is 4.72 Å². The maximum Gasteiger partial charge on any atom is 0.242 e. The van der Waals surface area contributed by atoms with E-state index >= 15 is 0 Å². The minimum Gasteiger partial charge on any atom is -0.218 e. The number of hydrogen-bond donors (Lipinski definition) is 1. The second-order valence-corrected chi connectivity index (χ2v) is 8.81. The molecule has 0 amide bonds. The molecule has 0 spiro atoms. The van der Waals surface area contributed by atoms with Gasteiger partial charge in [0.1, 0.15) is 0 Å². The van der Waals surface area contributed by atoms with Crippen molar-refractivity contribution in [1.29, 1.82) is 0 Å². The number of hydrogen-bond acceptors (Lipinski definition) is 4. The highest BCUT2D eigenvalue weighted by molar-refractivity contribution is 9.10. The normalized spacial score (nSPS) is 12.8. The summed E-state index contributed by atoms with van der Waals surface area (Å²) in [7, 11) is -4.45. The number of benzene rings is 1. The fourth-order valence-corrected chi connectivity index (χ4v) is 3.53. The SMILES string of the molecule is CNS(=O)(=O)CCN(C)S(=O)(=O)c1ccc(Br)cc1. The molecule has 1 rings (SSSR count). The summed E-state index contributed by atoms with van der Waals surface area (Å²) in [5, 5.41) is 0. The second-order valence-electron chi connectivity index (χ2n) is 3.80. The van der Waals surface area contributed by atoms with Crippen LogP contribution in [0.2, 0.25) is 0 Å². The highest BCUT2D eigenvalue weighted by Gasteiger charge is 2.22. The van der Waals surface area contributed by atoms with Crippen LogP contribution in [-0.4, -0.2) is 47.5 Å². The number of halogens is 1. The van der Waals surface area contributed by atoms with Crippen LogP contribution in [0.5, 0.6) is 0 Å². The van der Waals surface area contributed by atoms with Gasteiger partial charge in [-0.1, -0.05) is 15.9 Å². The van der Waals surface area contributed by atoms with Crippen LogP contribution in [0, 0.1) is 0 Å². The van der Waals surface area contributed by atoms with Crippen LogP contribution >= 0.6 is 15.9 Å². The van der Waals surface area contributed by atoms with Crippen LogP contribution in [0.3, 0.4) is 0 Å². The summed E-state index contributed by atoms with van der Waals surface area (Å²) in [5.41, 5.74) is 0. The van der Waals surface area contributed by atoms with Crippen molar-refractivity contribution in [3.63, 3.8) is 0 Å². The molecule has 1 N–H and O–H groups in total. The summed E-state index contributed by atoms with van der Waals surface area (Å²) < 4.78 is 50.8. The van der Waals surface area contributed by atoms with Gasteiger partial charge in [0.25, 0.3) is 0 Å². The Bertz CT molecular complexity index is 626. The van der Waals surface area contributed by atoms with Crippen molar-refractivity contribution in [2.75, 3.05) is 26.4 Å². The van der Waals surface area contributed by atoms with E-state index in [0.717, 1.165) is 8.78 Å². The summed E-state index contributed by atoms with van der Waals surface area (Å²) in [5.74, 6) is -0.282. The third-order valence-corrected chi connectivity index (χ3v) is 6.25. The first-order valence-electron chi connectivity index (χ1n) is 5.32. The van der Waals surface area contributed by atoms with Crippen LogP contribution in [-0.2, 0) is 20.0 Å². The van der Waals surface area contributed by atoms with E-state index in [4.69, 9.17) is 0 Å². The van der Waals surface area contributed by atoms with Gasteiger partial charge < -0.3 is 0 Å². The van der Waals surface area contributed by atoms with Gasteiger partial charge in [0.2, 0.25) is 20.0 Å². The van der Waals surface area contributed by atoms with Crippen LogP contribution in [0.1, 0.15) is 0 Å². The molecule has 0 bridgehead atoms. The number of sulfonamides is 2. The molecule has 0 aliphatic carbocycles. The van der Waals surface area contributed by atoms with Crippen molar-refractivity contribution < 1.29 is 16.8 Å². The molecule has 0 atom stereocenters. The Morgan fingerprint density at radius 2 is 1.68 bits per heavy atom. The third-order valence-electron chi connectivity index (χ3n) is 2.51. The van der Waals surface area contributed by atoms with E-state index in [9.17, 15) is 16.8 Å². The van der Waals surface area contributed by atoms with E-state index in [1.54, 1.807) is 12.1 Å². The molecule has 0 unspecified atom stereocenters. The fraction of sp³-hybridized carbons (Fsp3) is 0.400. The topological polar surface area (TPSA) is 83.6 Å². The highest BCUT2D eigenvalue weighted by atomic mass is 79.9. The van der Waals surface area contributed by atoms with E-state index < -0.39 is 20.0 Å². The summed E-state index contributed by atoms with van der Waals surface area (Å²) in [6.45, 7) is -0.110. The second kappa shape index (κ2) is 6.31. The molecule has 9 heteroatoms. The van der Waals surface area contributed by atoms with Crippen molar-refractivity contribution >= 4 is 36.0 Å². The van der Waals surface area contributed by atoms with E-state index in [-0.39, 0.29) is 17.2 Å². The molecule has 0 aliphatic heterocycles. The molecule has 0 aliphatic rings. The van der Waals surface area contributed by atoms with Crippen molar-refractivity contribution in [3.05, 3.63) is 28.7 Å². The average molecular weight is 371 g/mol. The number of rotatable bonds is 6. The number of nitrogens with zero attached hydrogens (tertiary/aromatic N) is 1. The first kappa shape index (κ1) is 16.6. The molecule has 0 saturated carbocycles. The molecule has 0 aromatic heterocycles. The first-order valence-corrected chi connectivity index (χ1v) is 9.21. The summed E-state index contributed by atoms with van der Waals surface area (Å²) >= 11 is 3.22. The van der Waals surface area contributed by atoms with Crippen LogP contribution in [0.15, 0.2) is 33.6 Å². The van der Waals surface area contributed by atoms with E-state index in [0.29, 0.717) is 0 Å². The molecule has 0 saturated heterocycles. The standard InChI is InChI=1S/C10H15BrN2O4S2/c1-12-18(14,15)8-7-13(2)19(16,17)10-5-3-9(11)4-6-10/h3-6,12H,7-8H2,1-2H3. The molecular weight excluding hydrogens is 356 g/mol. The van der Waals surface area contributed by atoms with Crippen molar-refractivity contribution in [1.82, 2.24) is 9.03 Å². The van der Waals surface area contributed by atoms with Crippen molar-refractivity contribution in [2.24, 2.45) is 0 Å². The summed E-state index contributed by atoms with van der Waals surface area (Å²) in [6.07, 6.45) is 0. The first-order chi connectivity index (χ1) is 8.69. The lowest BCUT2D eigenvalue weighted by molar-refractivity contribution is 0.483. The zero-order valence-electron chi connectivity index (χ0n) is 10.5. The minimum absolute atomic E-state index is 0.110. The quantitative estimate of drug-likeness (QED) is 0.795. The molecule has 108 valence electrons. The fourth-order valence-electron chi connectivity index (χ4n) is 1.26. The molecule has 0 fully saturated rings. The van der Waals surface area contributed by atoms with Crippen molar-refractivity contribution in [2.45, 2.75) is 4.90 Å². The van der Waals surface area contributed by atoms with Gasteiger partial charge in [0.05, 0.1) is 10.6 Å². The van der Waals surface area contributed by atoms with Gasteiger partial charge in [0.15, 0.2) is 0 Å². The minimum atomic E-state index is -3.67. The zero-order valence-corrected chi connectivity index (χ0v) is 13.7. The average Bonchev–Trinajstić information content (AvgIpc) is 2.36. The molecule has 1 aromatic rings. The Labute approximate surface area is 122 Å². The lowest BCUT2D eigenvalue weighted by Gasteiger charge is -2.17. The summed E-state index contributed by atoms with van der Waals surface area (Å²) in [4.78, 5) is 0.125. The Hall–Kier alpha value is -0.480. The Morgan fingerprint density at radius 1 is 1.16 bits per heavy atom. The van der Waals surface area contributed by atoms with Gasteiger partial charge in [-0.05, 0) is 31.3 Å². The van der Waals surface area contributed by atoms with Gasteiger partial charge in [-0.15, -0.1) is 0 Å². The van der Waals surface area contributed by atoms with Gasteiger partial charge >= 0.3 is 0 Å². The lowest BCUT2D eigenvalue weighted by Crippen LogP contribution is -2.34. The van der Waals surface area contributed by atoms with Gasteiger partial charge in [-0.2, -0.15) is 4.31 Å².